The summed E-state index contributed by atoms with van der Waals surface area (Å²) in [5, 5.41) is 19.4. The van der Waals surface area contributed by atoms with Crippen molar-refractivity contribution in [2.45, 2.75) is 25.4 Å². The van der Waals surface area contributed by atoms with E-state index in [1.54, 1.807) is 6.07 Å². The molecule has 2 heterocycles. The normalized spacial score (nSPS) is 23.7. The maximum atomic E-state index is 11.6. The third-order valence-corrected chi connectivity index (χ3v) is 4.92. The zero-order valence-electron chi connectivity index (χ0n) is 13.2. The van der Waals surface area contributed by atoms with Gasteiger partial charge >= 0.3 is 5.97 Å². The molecule has 0 saturated carbocycles. The van der Waals surface area contributed by atoms with Crippen LogP contribution in [0.5, 0.6) is 23.0 Å². The van der Waals surface area contributed by atoms with Crippen molar-refractivity contribution in [3.8, 4) is 23.0 Å². The molecule has 6 nitrogen and oxygen atoms in total. The van der Waals surface area contributed by atoms with Crippen molar-refractivity contribution >= 4 is 5.97 Å². The quantitative estimate of drug-likeness (QED) is 0.880. The van der Waals surface area contributed by atoms with E-state index in [1.807, 2.05) is 32.0 Å². The highest BCUT2D eigenvalue weighted by Crippen LogP contribution is 2.53. The van der Waals surface area contributed by atoms with Gasteiger partial charge in [-0.25, -0.2) is 4.79 Å². The Morgan fingerprint density at radius 3 is 2.62 bits per heavy atom. The predicted molar refractivity (Wildman–Crippen MR) is 84.0 cm³/mol. The van der Waals surface area contributed by atoms with Gasteiger partial charge in [0, 0.05) is 11.5 Å². The minimum Gasteiger partial charge on any atom is -0.507 e. The number of hydrogen-bond donors (Lipinski definition) is 2. The maximum Gasteiger partial charge on any atom is 0.339 e. The van der Waals surface area contributed by atoms with Crippen LogP contribution in [-0.2, 0) is 5.60 Å². The molecule has 124 valence electrons. The summed E-state index contributed by atoms with van der Waals surface area (Å²) in [4.78, 5) is 11.6. The molecule has 0 spiro atoms. The summed E-state index contributed by atoms with van der Waals surface area (Å²) in [5.74, 6) is 0.0847. The van der Waals surface area contributed by atoms with Gasteiger partial charge in [0.1, 0.15) is 22.7 Å². The Morgan fingerprint density at radius 1 is 1.17 bits per heavy atom. The minimum atomic E-state index is -1.17. The third kappa shape index (κ3) is 1.86. The van der Waals surface area contributed by atoms with Crippen LogP contribution in [0.15, 0.2) is 30.3 Å². The van der Waals surface area contributed by atoms with Gasteiger partial charge < -0.3 is 24.4 Å². The van der Waals surface area contributed by atoms with E-state index >= 15 is 0 Å². The highest BCUT2D eigenvalue weighted by atomic mass is 16.7. The average Bonchev–Trinajstić information content (AvgIpc) is 3.11. The van der Waals surface area contributed by atoms with Crippen molar-refractivity contribution in [1.29, 1.82) is 0 Å². The van der Waals surface area contributed by atoms with Gasteiger partial charge in [0.15, 0.2) is 11.5 Å². The average molecular weight is 328 g/mol. The number of carboxylic acid groups (broad SMARTS) is 1. The van der Waals surface area contributed by atoms with Gasteiger partial charge in [-0.2, -0.15) is 0 Å². The van der Waals surface area contributed by atoms with Crippen LogP contribution in [0.2, 0.25) is 0 Å². The Kier molecular flexibility index (Phi) is 2.94. The fourth-order valence-corrected chi connectivity index (χ4v) is 3.44. The fourth-order valence-electron chi connectivity index (χ4n) is 3.44. The first-order chi connectivity index (χ1) is 11.4. The van der Waals surface area contributed by atoms with Gasteiger partial charge in [-0.15, -0.1) is 0 Å². The Balaban J connectivity index is 1.84. The molecule has 0 radical (unpaired) electrons. The molecular formula is C18H16O6. The number of carboxylic acids is 1. The number of carbonyl (C=O) groups is 1. The molecule has 2 atom stereocenters. The Bertz CT molecular complexity index is 859. The molecule has 4 rings (SSSR count). The molecule has 0 saturated heterocycles. The van der Waals surface area contributed by atoms with E-state index in [1.165, 1.54) is 6.07 Å². The number of aromatic carboxylic acids is 1. The SMILES string of the molecule is CC1c2c(ccc(O)c2C(=O)O)OC1(C)c1ccc2c(c1)OCO2. The topological polar surface area (TPSA) is 85.2 Å². The lowest BCUT2D eigenvalue weighted by atomic mass is 9.80. The van der Waals surface area contributed by atoms with E-state index in [-0.39, 0.29) is 24.0 Å². The molecule has 2 aliphatic rings. The van der Waals surface area contributed by atoms with Crippen LogP contribution in [-0.4, -0.2) is 23.0 Å². The van der Waals surface area contributed by atoms with Gasteiger partial charge in [-0.1, -0.05) is 13.0 Å². The van der Waals surface area contributed by atoms with Crippen LogP contribution < -0.4 is 14.2 Å². The van der Waals surface area contributed by atoms with E-state index in [2.05, 4.69) is 0 Å². The van der Waals surface area contributed by atoms with E-state index in [4.69, 9.17) is 14.2 Å². The Hall–Kier alpha value is -2.89. The Labute approximate surface area is 138 Å². The van der Waals surface area contributed by atoms with Crippen molar-refractivity contribution in [1.82, 2.24) is 0 Å². The number of phenols is 1. The second-order valence-corrected chi connectivity index (χ2v) is 6.18. The zero-order chi connectivity index (χ0) is 17.1. The standard InChI is InChI=1S/C18H16O6/c1-9-15-13(6-4-11(19)16(15)17(20)21)24-18(9,2)10-3-5-12-14(7-10)23-8-22-12/h3-7,9,19H,8H2,1-2H3,(H,20,21). The lowest BCUT2D eigenvalue weighted by Gasteiger charge is -2.29. The summed E-state index contributed by atoms with van der Waals surface area (Å²) >= 11 is 0. The summed E-state index contributed by atoms with van der Waals surface area (Å²) in [6.07, 6.45) is 0. The molecule has 0 aliphatic carbocycles. The number of ether oxygens (including phenoxy) is 3. The summed E-state index contributed by atoms with van der Waals surface area (Å²) in [6, 6.07) is 8.50. The molecule has 0 bridgehead atoms. The van der Waals surface area contributed by atoms with Gasteiger partial charge in [0.05, 0.1) is 0 Å². The molecule has 0 fully saturated rings. The lowest BCUT2D eigenvalue weighted by molar-refractivity contribution is 0.0691. The van der Waals surface area contributed by atoms with E-state index in [9.17, 15) is 15.0 Å². The summed E-state index contributed by atoms with van der Waals surface area (Å²) in [6.45, 7) is 3.98. The highest BCUT2D eigenvalue weighted by Gasteiger charge is 2.46. The first-order valence-electron chi connectivity index (χ1n) is 7.60. The summed E-state index contributed by atoms with van der Waals surface area (Å²) in [5.41, 5.74) is 0.472. The van der Waals surface area contributed by atoms with Crippen LogP contribution >= 0.6 is 0 Å². The smallest absolute Gasteiger partial charge is 0.339 e. The first kappa shape index (κ1) is 14.7. The molecule has 0 aromatic heterocycles. The lowest BCUT2D eigenvalue weighted by Crippen LogP contribution is -2.30. The predicted octanol–water partition coefficient (Wildman–Crippen LogP) is 3.23. The van der Waals surface area contributed by atoms with Gasteiger partial charge in [0.25, 0.3) is 0 Å². The number of aromatic hydroxyl groups is 1. The fraction of sp³-hybridized carbons (Fsp3) is 0.278. The molecule has 2 unspecified atom stereocenters. The van der Waals surface area contributed by atoms with Crippen molar-refractivity contribution < 1.29 is 29.2 Å². The van der Waals surface area contributed by atoms with Crippen molar-refractivity contribution in [2.75, 3.05) is 6.79 Å². The summed E-state index contributed by atoms with van der Waals surface area (Å²) < 4.78 is 16.9. The molecule has 2 N–H and O–H groups in total. The van der Waals surface area contributed by atoms with E-state index in [0.29, 0.717) is 22.8 Å². The van der Waals surface area contributed by atoms with Crippen LogP contribution in [0.25, 0.3) is 0 Å². The van der Waals surface area contributed by atoms with Crippen LogP contribution in [0.4, 0.5) is 0 Å². The highest BCUT2D eigenvalue weighted by molar-refractivity contribution is 5.94. The number of rotatable bonds is 2. The van der Waals surface area contributed by atoms with Gasteiger partial charge in [-0.05, 0) is 36.8 Å². The molecule has 2 aromatic carbocycles. The molecule has 2 aromatic rings. The monoisotopic (exact) mass is 328 g/mol. The molecule has 2 aliphatic heterocycles. The maximum absolute atomic E-state index is 11.6. The van der Waals surface area contributed by atoms with Gasteiger partial charge in [0.2, 0.25) is 6.79 Å². The molecular weight excluding hydrogens is 312 g/mol. The van der Waals surface area contributed by atoms with E-state index < -0.39 is 11.6 Å². The first-order valence-corrected chi connectivity index (χ1v) is 7.60. The second kappa shape index (κ2) is 4.80. The molecule has 6 heteroatoms. The summed E-state index contributed by atoms with van der Waals surface area (Å²) in [7, 11) is 0. The number of benzene rings is 2. The zero-order valence-corrected chi connectivity index (χ0v) is 13.2. The Morgan fingerprint density at radius 2 is 1.88 bits per heavy atom. The molecule has 0 amide bonds. The van der Waals surface area contributed by atoms with Crippen molar-refractivity contribution in [3.63, 3.8) is 0 Å². The van der Waals surface area contributed by atoms with E-state index in [0.717, 1.165) is 5.56 Å². The van der Waals surface area contributed by atoms with Crippen LogP contribution in [0.3, 0.4) is 0 Å². The van der Waals surface area contributed by atoms with Gasteiger partial charge in [-0.3, -0.25) is 0 Å². The third-order valence-electron chi connectivity index (χ3n) is 4.92. The largest absolute Gasteiger partial charge is 0.507 e. The minimum absolute atomic E-state index is 0.107. The molecule has 24 heavy (non-hydrogen) atoms. The van der Waals surface area contributed by atoms with Crippen LogP contribution in [0.1, 0.15) is 41.3 Å². The van der Waals surface area contributed by atoms with Crippen molar-refractivity contribution in [3.05, 3.63) is 47.0 Å². The number of fused-ring (bicyclic) bond motifs is 2. The number of hydrogen-bond acceptors (Lipinski definition) is 5. The van der Waals surface area contributed by atoms with Crippen molar-refractivity contribution in [2.24, 2.45) is 0 Å². The second-order valence-electron chi connectivity index (χ2n) is 6.18. The van der Waals surface area contributed by atoms with Crippen LogP contribution in [0, 0.1) is 0 Å².